The van der Waals surface area contributed by atoms with Crippen LogP contribution in [0, 0.1) is 17.3 Å². The Balaban J connectivity index is 1.20. The summed E-state index contributed by atoms with van der Waals surface area (Å²) in [7, 11) is 0. The first kappa shape index (κ1) is 19.7. The van der Waals surface area contributed by atoms with Crippen molar-refractivity contribution >= 4 is 11.7 Å². The van der Waals surface area contributed by atoms with E-state index in [9.17, 15) is 4.79 Å². The minimum Gasteiger partial charge on any atom is -0.355 e. The summed E-state index contributed by atoms with van der Waals surface area (Å²) in [6.07, 6.45) is 4.49. The van der Waals surface area contributed by atoms with E-state index in [1.165, 1.54) is 18.4 Å². The van der Waals surface area contributed by atoms with Gasteiger partial charge in [0.2, 0.25) is 5.91 Å². The molecule has 154 valence electrons. The smallest absolute Gasteiger partial charge is 0.236 e. The first-order chi connectivity index (χ1) is 13.3. The van der Waals surface area contributed by atoms with Gasteiger partial charge in [-0.05, 0) is 55.3 Å². The normalized spacial score (nSPS) is 22.6. The Morgan fingerprint density at radius 2 is 1.79 bits per heavy atom. The average Bonchev–Trinajstić information content (AvgIpc) is 2.60. The summed E-state index contributed by atoms with van der Waals surface area (Å²) in [6.45, 7) is 15.7. The van der Waals surface area contributed by atoms with E-state index >= 15 is 0 Å². The molecule has 0 saturated carbocycles. The number of carbonyl (C=O) groups is 1. The van der Waals surface area contributed by atoms with Crippen molar-refractivity contribution < 1.29 is 4.79 Å². The molecule has 0 N–H and O–H groups in total. The lowest BCUT2D eigenvalue weighted by atomic mass is 9.72. The highest BCUT2D eigenvalue weighted by Gasteiger charge is 2.53. The molecule has 4 rings (SSSR count). The lowest BCUT2D eigenvalue weighted by molar-refractivity contribution is -0.146. The number of aromatic nitrogens is 1. The van der Waals surface area contributed by atoms with E-state index < -0.39 is 0 Å². The molecular weight excluding hydrogens is 348 g/mol. The summed E-state index contributed by atoms with van der Waals surface area (Å²) in [5.41, 5.74) is 1.61. The van der Waals surface area contributed by atoms with Crippen molar-refractivity contribution in [2.24, 2.45) is 17.3 Å². The Bertz CT molecular complexity index is 677. The van der Waals surface area contributed by atoms with E-state index in [4.69, 9.17) is 0 Å². The summed E-state index contributed by atoms with van der Waals surface area (Å²) in [5.74, 6) is 3.53. The second kappa shape index (κ2) is 7.66. The van der Waals surface area contributed by atoms with Crippen molar-refractivity contribution in [3.63, 3.8) is 0 Å². The van der Waals surface area contributed by atoms with Gasteiger partial charge in [0.25, 0.3) is 0 Å². The second-order valence-corrected chi connectivity index (χ2v) is 10.1. The summed E-state index contributed by atoms with van der Waals surface area (Å²) in [4.78, 5) is 24.1. The minimum absolute atomic E-state index is 0.318. The third-order valence-electron chi connectivity index (χ3n) is 7.15. The van der Waals surface area contributed by atoms with Crippen LogP contribution < -0.4 is 4.90 Å². The molecule has 28 heavy (non-hydrogen) atoms. The number of piperidine rings is 1. The monoisotopic (exact) mass is 384 g/mol. The molecule has 4 heterocycles. The van der Waals surface area contributed by atoms with Crippen molar-refractivity contribution in [2.75, 3.05) is 50.7 Å². The van der Waals surface area contributed by atoms with E-state index in [0.29, 0.717) is 23.8 Å². The number of pyridine rings is 1. The molecule has 3 aliphatic heterocycles. The van der Waals surface area contributed by atoms with Crippen LogP contribution in [-0.4, -0.2) is 66.5 Å². The molecule has 1 aromatic rings. The van der Waals surface area contributed by atoms with E-state index in [-0.39, 0.29) is 0 Å². The molecule has 0 bridgehead atoms. The Hall–Kier alpha value is -1.62. The number of hydrogen-bond donors (Lipinski definition) is 0. The number of rotatable bonds is 5. The van der Waals surface area contributed by atoms with Crippen molar-refractivity contribution in [3.05, 3.63) is 23.9 Å². The van der Waals surface area contributed by atoms with Gasteiger partial charge in [0, 0.05) is 37.8 Å². The molecule has 0 unspecified atom stereocenters. The zero-order valence-corrected chi connectivity index (χ0v) is 18.0. The SMILES string of the molecule is CC(C)c1ccc(N2CC3(CN(C(=O)CN4CCC(C(C)C)CC4)C3)C2)nc1. The molecule has 3 aliphatic rings. The lowest BCUT2D eigenvalue weighted by Crippen LogP contribution is -2.73. The highest BCUT2D eigenvalue weighted by Crippen LogP contribution is 2.41. The quantitative estimate of drug-likeness (QED) is 0.781. The molecule has 1 amide bonds. The van der Waals surface area contributed by atoms with Gasteiger partial charge in [-0.2, -0.15) is 0 Å². The molecule has 3 fully saturated rings. The van der Waals surface area contributed by atoms with Gasteiger partial charge in [-0.1, -0.05) is 33.8 Å². The number of likely N-dealkylation sites (tertiary alicyclic amines) is 2. The summed E-state index contributed by atoms with van der Waals surface area (Å²) < 4.78 is 0. The zero-order chi connectivity index (χ0) is 19.9. The van der Waals surface area contributed by atoms with Crippen LogP contribution in [0.5, 0.6) is 0 Å². The first-order valence-electron chi connectivity index (χ1n) is 11.1. The number of anilines is 1. The number of amides is 1. The van der Waals surface area contributed by atoms with Gasteiger partial charge in [-0.25, -0.2) is 4.98 Å². The van der Waals surface area contributed by atoms with E-state index in [0.717, 1.165) is 56.9 Å². The van der Waals surface area contributed by atoms with Gasteiger partial charge in [0.1, 0.15) is 5.82 Å². The second-order valence-electron chi connectivity index (χ2n) is 10.1. The standard InChI is InChI=1S/C23H36N4O/c1-17(2)19-7-9-25(10-8-19)12-22(28)27-15-23(16-27)13-26(14-23)21-6-5-20(11-24-21)18(3)4/h5-6,11,17-19H,7-10,12-16H2,1-4H3. The molecular formula is C23H36N4O. The molecule has 3 saturated heterocycles. The number of hydrogen-bond acceptors (Lipinski definition) is 4. The molecule has 0 aliphatic carbocycles. The fraction of sp³-hybridized carbons (Fsp3) is 0.739. The highest BCUT2D eigenvalue weighted by atomic mass is 16.2. The maximum absolute atomic E-state index is 12.6. The van der Waals surface area contributed by atoms with Crippen LogP contribution >= 0.6 is 0 Å². The third kappa shape index (κ3) is 3.91. The lowest BCUT2D eigenvalue weighted by Gasteiger charge is -2.60. The van der Waals surface area contributed by atoms with Crippen LogP contribution in [-0.2, 0) is 4.79 Å². The van der Waals surface area contributed by atoms with Gasteiger partial charge in [0.15, 0.2) is 0 Å². The van der Waals surface area contributed by atoms with Crippen molar-refractivity contribution in [1.82, 2.24) is 14.8 Å². The van der Waals surface area contributed by atoms with Crippen molar-refractivity contribution in [2.45, 2.75) is 46.5 Å². The minimum atomic E-state index is 0.318. The van der Waals surface area contributed by atoms with E-state index in [1.54, 1.807) is 0 Å². The molecule has 1 spiro atoms. The fourth-order valence-corrected chi connectivity index (χ4v) is 5.06. The largest absolute Gasteiger partial charge is 0.355 e. The predicted octanol–water partition coefficient (Wildman–Crippen LogP) is 3.22. The van der Waals surface area contributed by atoms with Crippen LogP contribution in [0.25, 0.3) is 0 Å². The molecule has 1 aromatic heterocycles. The molecule has 0 atom stereocenters. The maximum atomic E-state index is 12.6. The van der Waals surface area contributed by atoms with Gasteiger partial charge in [-0.3, -0.25) is 9.69 Å². The van der Waals surface area contributed by atoms with Gasteiger partial charge >= 0.3 is 0 Å². The van der Waals surface area contributed by atoms with Crippen LogP contribution in [0.2, 0.25) is 0 Å². The Morgan fingerprint density at radius 3 is 2.32 bits per heavy atom. The van der Waals surface area contributed by atoms with E-state index in [1.807, 2.05) is 6.20 Å². The third-order valence-corrected chi connectivity index (χ3v) is 7.15. The molecule has 0 aromatic carbocycles. The van der Waals surface area contributed by atoms with Crippen molar-refractivity contribution in [1.29, 1.82) is 0 Å². The van der Waals surface area contributed by atoms with Gasteiger partial charge in [-0.15, -0.1) is 0 Å². The van der Waals surface area contributed by atoms with Crippen molar-refractivity contribution in [3.8, 4) is 0 Å². The fourth-order valence-electron chi connectivity index (χ4n) is 5.06. The summed E-state index contributed by atoms with van der Waals surface area (Å²) in [6, 6.07) is 4.33. The highest BCUT2D eigenvalue weighted by molar-refractivity contribution is 5.79. The number of carbonyl (C=O) groups excluding carboxylic acids is 1. The van der Waals surface area contributed by atoms with Crippen LogP contribution in [0.3, 0.4) is 0 Å². The Morgan fingerprint density at radius 1 is 1.11 bits per heavy atom. The average molecular weight is 385 g/mol. The predicted molar refractivity (Wildman–Crippen MR) is 114 cm³/mol. The Labute approximate surface area is 170 Å². The number of nitrogens with zero attached hydrogens (tertiary/aromatic N) is 4. The van der Waals surface area contributed by atoms with Crippen LogP contribution in [0.15, 0.2) is 18.3 Å². The van der Waals surface area contributed by atoms with Gasteiger partial charge in [0.05, 0.1) is 6.54 Å². The topological polar surface area (TPSA) is 39.7 Å². The maximum Gasteiger partial charge on any atom is 0.236 e. The van der Waals surface area contributed by atoms with Crippen LogP contribution in [0.1, 0.15) is 52.0 Å². The molecule has 5 nitrogen and oxygen atoms in total. The molecule has 0 radical (unpaired) electrons. The first-order valence-corrected chi connectivity index (χ1v) is 11.1. The Kier molecular flexibility index (Phi) is 5.38. The van der Waals surface area contributed by atoms with Crippen LogP contribution in [0.4, 0.5) is 5.82 Å². The summed E-state index contributed by atoms with van der Waals surface area (Å²) >= 11 is 0. The van der Waals surface area contributed by atoms with Gasteiger partial charge < -0.3 is 9.80 Å². The zero-order valence-electron chi connectivity index (χ0n) is 18.0. The van der Waals surface area contributed by atoms with E-state index in [2.05, 4.69) is 59.5 Å². The summed E-state index contributed by atoms with van der Waals surface area (Å²) in [5, 5.41) is 0. The molecule has 5 heteroatoms.